The number of carbonyl (C=O) groups is 2. The molecule has 0 aromatic heterocycles. The van der Waals surface area contributed by atoms with E-state index in [-0.39, 0.29) is 0 Å². The number of hydrogen-bond acceptors (Lipinski definition) is 3. The number of methoxy groups -OCH3 is 1. The topological polar surface area (TPSA) is 63.6 Å². The van der Waals surface area contributed by atoms with Gasteiger partial charge in [0, 0.05) is 6.42 Å². The van der Waals surface area contributed by atoms with Crippen LogP contribution < -0.4 is 0 Å². The lowest BCUT2D eigenvalue weighted by Crippen LogP contribution is -2.39. The van der Waals surface area contributed by atoms with Crippen LogP contribution in [-0.4, -0.2) is 30.6 Å². The minimum atomic E-state index is -2.86. The lowest BCUT2D eigenvalue weighted by molar-refractivity contribution is -0.168. The maximum atomic E-state index is 11.9. The second kappa shape index (κ2) is 4.15. The van der Waals surface area contributed by atoms with Gasteiger partial charge in [-0.3, -0.25) is 9.59 Å². The Bertz CT molecular complexity index is 217. The molecule has 76 valence electrons. The molecule has 0 saturated carbocycles. The number of alkyl halides is 2. The lowest BCUT2D eigenvalue weighted by Gasteiger charge is -2.20. The Morgan fingerprint density at radius 3 is 2.23 bits per heavy atom. The lowest BCUT2D eigenvalue weighted by atomic mass is 9.87. The summed E-state index contributed by atoms with van der Waals surface area (Å²) in [7, 11) is 0.953. The molecule has 13 heavy (non-hydrogen) atoms. The van der Waals surface area contributed by atoms with Crippen LogP contribution in [0.2, 0.25) is 0 Å². The molecule has 0 rings (SSSR count). The van der Waals surface area contributed by atoms with Crippen LogP contribution in [-0.2, 0) is 14.3 Å². The molecule has 0 aliphatic carbocycles. The van der Waals surface area contributed by atoms with Crippen molar-refractivity contribution in [1.82, 2.24) is 0 Å². The SMILES string of the molecule is COC(=O)C(C)(CC(F)F)C(=O)O. The molecular formula is C7H10F2O4. The van der Waals surface area contributed by atoms with Crippen molar-refractivity contribution in [1.29, 1.82) is 0 Å². The van der Waals surface area contributed by atoms with Gasteiger partial charge in [0.1, 0.15) is 0 Å². The van der Waals surface area contributed by atoms with Crippen molar-refractivity contribution in [3.05, 3.63) is 0 Å². The fourth-order valence-electron chi connectivity index (χ4n) is 0.792. The number of hydrogen-bond donors (Lipinski definition) is 1. The number of rotatable bonds is 4. The Hall–Kier alpha value is -1.20. The van der Waals surface area contributed by atoms with Gasteiger partial charge in [0.25, 0.3) is 0 Å². The quantitative estimate of drug-likeness (QED) is 0.536. The molecule has 0 aliphatic rings. The van der Waals surface area contributed by atoms with Crippen LogP contribution in [0.4, 0.5) is 8.78 Å². The van der Waals surface area contributed by atoms with E-state index < -0.39 is 30.2 Å². The minimum absolute atomic E-state index is 0.910. The van der Waals surface area contributed by atoms with E-state index in [4.69, 9.17) is 5.11 Å². The van der Waals surface area contributed by atoms with Gasteiger partial charge in [0.15, 0.2) is 5.41 Å². The molecule has 1 N–H and O–H groups in total. The third-order valence-electron chi connectivity index (χ3n) is 1.67. The summed E-state index contributed by atoms with van der Waals surface area (Å²) in [5.41, 5.74) is -2.16. The third kappa shape index (κ3) is 2.64. The van der Waals surface area contributed by atoms with Gasteiger partial charge < -0.3 is 9.84 Å². The van der Waals surface area contributed by atoms with Crippen molar-refractivity contribution < 1.29 is 28.2 Å². The maximum Gasteiger partial charge on any atom is 0.323 e. The number of aliphatic carboxylic acids is 1. The van der Waals surface area contributed by atoms with E-state index in [2.05, 4.69) is 4.74 Å². The summed E-state index contributed by atoms with van der Waals surface area (Å²) in [5, 5.41) is 8.55. The largest absolute Gasteiger partial charge is 0.480 e. The first kappa shape index (κ1) is 11.8. The zero-order chi connectivity index (χ0) is 10.6. The van der Waals surface area contributed by atoms with Gasteiger partial charge in [0.2, 0.25) is 6.43 Å². The zero-order valence-electron chi connectivity index (χ0n) is 7.21. The van der Waals surface area contributed by atoms with E-state index in [0.717, 1.165) is 14.0 Å². The van der Waals surface area contributed by atoms with E-state index in [0.29, 0.717) is 0 Å². The maximum absolute atomic E-state index is 11.9. The average molecular weight is 196 g/mol. The standard InChI is InChI=1S/C7H10F2O4/c1-7(5(10)11,3-4(8)9)6(12)13-2/h4H,3H2,1-2H3,(H,10,11). The highest BCUT2D eigenvalue weighted by atomic mass is 19.3. The smallest absolute Gasteiger partial charge is 0.323 e. The summed E-state index contributed by atoms with van der Waals surface area (Å²) in [6.45, 7) is 0.910. The van der Waals surface area contributed by atoms with Crippen molar-refractivity contribution in [3.8, 4) is 0 Å². The molecular weight excluding hydrogens is 186 g/mol. The second-order valence-electron chi connectivity index (χ2n) is 2.72. The summed E-state index contributed by atoms with van der Waals surface area (Å²) >= 11 is 0. The molecule has 0 saturated heterocycles. The molecule has 0 radical (unpaired) electrons. The molecule has 0 amide bonds. The Kier molecular flexibility index (Phi) is 3.77. The first-order valence-corrected chi connectivity index (χ1v) is 3.44. The van der Waals surface area contributed by atoms with Crippen molar-refractivity contribution >= 4 is 11.9 Å². The average Bonchev–Trinajstić information content (AvgIpc) is 2.01. The number of carbonyl (C=O) groups excluding carboxylic acids is 1. The summed E-state index contributed by atoms with van der Waals surface area (Å²) in [6.07, 6.45) is -3.91. The van der Waals surface area contributed by atoms with Crippen LogP contribution >= 0.6 is 0 Å². The number of carboxylic acids is 1. The van der Waals surface area contributed by atoms with Gasteiger partial charge in [-0.1, -0.05) is 0 Å². The molecule has 0 bridgehead atoms. The summed E-state index contributed by atoms with van der Waals surface area (Å²) < 4.78 is 28.0. The van der Waals surface area contributed by atoms with Gasteiger partial charge in [-0.2, -0.15) is 0 Å². The molecule has 0 aliphatic heterocycles. The molecule has 0 heterocycles. The number of esters is 1. The Balaban J connectivity index is 4.73. The fraction of sp³-hybridized carbons (Fsp3) is 0.714. The van der Waals surface area contributed by atoms with Gasteiger partial charge in [0.05, 0.1) is 7.11 Å². The highest BCUT2D eigenvalue weighted by Crippen LogP contribution is 2.27. The third-order valence-corrected chi connectivity index (χ3v) is 1.67. The first-order valence-electron chi connectivity index (χ1n) is 3.44. The molecule has 1 atom stereocenters. The molecule has 1 unspecified atom stereocenters. The minimum Gasteiger partial charge on any atom is -0.480 e. The van der Waals surface area contributed by atoms with Gasteiger partial charge in [-0.25, -0.2) is 8.78 Å². The predicted octanol–water partition coefficient (Wildman–Crippen LogP) is 0.905. The van der Waals surface area contributed by atoms with Crippen LogP contribution in [0.3, 0.4) is 0 Å². The van der Waals surface area contributed by atoms with Crippen LogP contribution in [0.5, 0.6) is 0 Å². The van der Waals surface area contributed by atoms with Crippen LogP contribution in [0.15, 0.2) is 0 Å². The summed E-state index contributed by atoms with van der Waals surface area (Å²) in [4.78, 5) is 21.4. The van der Waals surface area contributed by atoms with Crippen molar-refractivity contribution in [2.75, 3.05) is 7.11 Å². The first-order chi connectivity index (χ1) is 5.84. The van der Waals surface area contributed by atoms with E-state index in [1.807, 2.05) is 0 Å². The zero-order valence-corrected chi connectivity index (χ0v) is 7.21. The highest BCUT2D eigenvalue weighted by Gasteiger charge is 2.44. The molecule has 0 aromatic carbocycles. The van der Waals surface area contributed by atoms with E-state index in [1.54, 1.807) is 0 Å². The van der Waals surface area contributed by atoms with Crippen LogP contribution in [0.25, 0.3) is 0 Å². The normalized spacial score (nSPS) is 15.2. The Morgan fingerprint density at radius 2 is 2.00 bits per heavy atom. The molecule has 0 fully saturated rings. The second-order valence-corrected chi connectivity index (χ2v) is 2.72. The monoisotopic (exact) mass is 196 g/mol. The number of carboxylic acid groups (broad SMARTS) is 1. The Morgan fingerprint density at radius 1 is 1.54 bits per heavy atom. The highest BCUT2D eigenvalue weighted by molar-refractivity contribution is 5.98. The summed E-state index contributed by atoms with van der Waals surface area (Å²) in [6, 6.07) is 0. The van der Waals surface area contributed by atoms with E-state index in [9.17, 15) is 18.4 Å². The number of ether oxygens (including phenoxy) is 1. The molecule has 0 aromatic rings. The fourth-order valence-corrected chi connectivity index (χ4v) is 0.792. The summed E-state index contributed by atoms with van der Waals surface area (Å²) in [5.74, 6) is -2.78. The predicted molar refractivity (Wildman–Crippen MR) is 38.4 cm³/mol. The van der Waals surface area contributed by atoms with E-state index >= 15 is 0 Å². The molecule has 6 heteroatoms. The van der Waals surface area contributed by atoms with Crippen LogP contribution in [0, 0.1) is 5.41 Å². The molecule has 4 nitrogen and oxygen atoms in total. The van der Waals surface area contributed by atoms with Gasteiger partial charge in [-0.15, -0.1) is 0 Å². The van der Waals surface area contributed by atoms with Crippen LogP contribution in [0.1, 0.15) is 13.3 Å². The number of halogens is 2. The van der Waals surface area contributed by atoms with Crippen molar-refractivity contribution in [3.63, 3.8) is 0 Å². The molecule has 0 spiro atoms. The van der Waals surface area contributed by atoms with Gasteiger partial charge >= 0.3 is 11.9 Å². The van der Waals surface area contributed by atoms with Crippen molar-refractivity contribution in [2.24, 2.45) is 5.41 Å². The van der Waals surface area contributed by atoms with Crippen molar-refractivity contribution in [2.45, 2.75) is 19.8 Å². The van der Waals surface area contributed by atoms with E-state index in [1.165, 1.54) is 0 Å². The van der Waals surface area contributed by atoms with Gasteiger partial charge in [-0.05, 0) is 6.92 Å². The Labute approximate surface area is 73.5 Å².